The van der Waals surface area contributed by atoms with Gasteiger partial charge in [0, 0.05) is 56.3 Å². The molecule has 1 fully saturated rings. The van der Waals surface area contributed by atoms with Crippen molar-refractivity contribution >= 4 is 17.9 Å². The molecule has 2 heterocycles. The number of ether oxygens (including phenoxy) is 2. The molecule has 1 aromatic carbocycles. The van der Waals surface area contributed by atoms with E-state index in [1.807, 2.05) is 17.0 Å². The summed E-state index contributed by atoms with van der Waals surface area (Å²) in [6.07, 6.45) is 6.81. The molecular formula is C19H22N4O3. The first-order valence-corrected chi connectivity index (χ1v) is 8.42. The molecule has 0 bridgehead atoms. The van der Waals surface area contributed by atoms with Crippen LogP contribution in [0.15, 0.2) is 42.7 Å². The lowest BCUT2D eigenvalue weighted by atomic mass is 10.1. The molecule has 7 nitrogen and oxygen atoms in total. The van der Waals surface area contributed by atoms with Gasteiger partial charge < -0.3 is 19.3 Å². The van der Waals surface area contributed by atoms with Crippen LogP contribution in [0.2, 0.25) is 0 Å². The van der Waals surface area contributed by atoms with Crippen LogP contribution in [0.3, 0.4) is 0 Å². The van der Waals surface area contributed by atoms with E-state index in [2.05, 4.69) is 14.9 Å². The molecule has 0 N–H and O–H groups in total. The van der Waals surface area contributed by atoms with Crippen LogP contribution in [0.25, 0.3) is 6.08 Å². The monoisotopic (exact) mass is 354 g/mol. The average molecular weight is 354 g/mol. The number of carbonyl (C=O) groups is 1. The molecule has 1 aromatic heterocycles. The topological polar surface area (TPSA) is 67.8 Å². The minimum Gasteiger partial charge on any atom is -0.497 e. The Bertz CT molecular complexity index is 772. The molecular weight excluding hydrogens is 332 g/mol. The highest BCUT2D eigenvalue weighted by atomic mass is 16.5. The van der Waals surface area contributed by atoms with Gasteiger partial charge >= 0.3 is 0 Å². The zero-order valence-electron chi connectivity index (χ0n) is 15.0. The van der Waals surface area contributed by atoms with Gasteiger partial charge in [-0.1, -0.05) is 0 Å². The number of hydrogen-bond acceptors (Lipinski definition) is 6. The second kappa shape index (κ2) is 8.33. The summed E-state index contributed by atoms with van der Waals surface area (Å²) in [5.74, 6) is 2.07. The Hall–Kier alpha value is -3.09. The molecule has 26 heavy (non-hydrogen) atoms. The Morgan fingerprint density at radius 3 is 2.46 bits per heavy atom. The van der Waals surface area contributed by atoms with Gasteiger partial charge in [-0.05, 0) is 24.3 Å². The second-order valence-electron chi connectivity index (χ2n) is 5.80. The summed E-state index contributed by atoms with van der Waals surface area (Å²) < 4.78 is 10.5. The number of benzene rings is 1. The molecule has 2 aromatic rings. The number of nitrogens with zero attached hydrogens (tertiary/aromatic N) is 4. The predicted octanol–water partition coefficient (Wildman–Crippen LogP) is 1.86. The maximum absolute atomic E-state index is 12.5. The molecule has 136 valence electrons. The summed E-state index contributed by atoms with van der Waals surface area (Å²) in [5.41, 5.74) is 0.831. The lowest BCUT2D eigenvalue weighted by Gasteiger charge is -2.34. The number of piperazine rings is 1. The van der Waals surface area contributed by atoms with Gasteiger partial charge in [0.25, 0.3) is 0 Å². The quantitative estimate of drug-likeness (QED) is 0.764. The molecule has 0 atom stereocenters. The summed E-state index contributed by atoms with van der Waals surface area (Å²) in [6.45, 7) is 2.72. The highest BCUT2D eigenvalue weighted by Gasteiger charge is 2.21. The van der Waals surface area contributed by atoms with Gasteiger partial charge in [-0.25, -0.2) is 9.97 Å². The van der Waals surface area contributed by atoms with E-state index in [0.29, 0.717) is 30.5 Å². The van der Waals surface area contributed by atoms with Gasteiger partial charge in [0.1, 0.15) is 11.5 Å². The van der Waals surface area contributed by atoms with Crippen molar-refractivity contribution in [3.63, 3.8) is 0 Å². The Labute approximate surface area is 152 Å². The van der Waals surface area contributed by atoms with Crippen molar-refractivity contribution in [1.29, 1.82) is 0 Å². The summed E-state index contributed by atoms with van der Waals surface area (Å²) in [4.78, 5) is 24.9. The molecule has 3 rings (SSSR count). The van der Waals surface area contributed by atoms with Crippen LogP contribution in [0.4, 0.5) is 5.95 Å². The zero-order chi connectivity index (χ0) is 18.4. The molecule has 1 aliphatic heterocycles. The van der Waals surface area contributed by atoms with Gasteiger partial charge in [-0.2, -0.15) is 0 Å². The minimum absolute atomic E-state index is 0.0171. The standard InChI is InChI=1S/C19H22N4O3/c1-25-16-6-4-15(17(14-16)26-2)5-7-18(24)22-10-12-23(13-11-22)19-20-8-3-9-21-19/h3-9,14H,10-13H2,1-2H3/b7-5+. The maximum atomic E-state index is 12.5. The first kappa shape index (κ1) is 17.7. The number of methoxy groups -OCH3 is 2. The number of hydrogen-bond donors (Lipinski definition) is 0. The highest BCUT2D eigenvalue weighted by molar-refractivity contribution is 5.92. The SMILES string of the molecule is COc1ccc(/C=C/C(=O)N2CCN(c3ncccn3)CC2)c(OC)c1. The fraction of sp³-hybridized carbons (Fsp3) is 0.316. The predicted molar refractivity (Wildman–Crippen MR) is 99.4 cm³/mol. The minimum atomic E-state index is -0.0171. The van der Waals surface area contributed by atoms with E-state index in [1.54, 1.807) is 50.9 Å². The van der Waals surface area contributed by atoms with Gasteiger partial charge in [-0.15, -0.1) is 0 Å². The van der Waals surface area contributed by atoms with Crippen LogP contribution in [-0.2, 0) is 4.79 Å². The lowest BCUT2D eigenvalue weighted by Crippen LogP contribution is -2.48. The molecule has 0 unspecified atom stereocenters. The van der Waals surface area contributed by atoms with Gasteiger partial charge in [0.05, 0.1) is 14.2 Å². The van der Waals surface area contributed by atoms with Crippen molar-refractivity contribution in [3.8, 4) is 11.5 Å². The average Bonchev–Trinajstić information content (AvgIpc) is 2.72. The molecule has 0 aliphatic carbocycles. The summed E-state index contributed by atoms with van der Waals surface area (Å²) in [6, 6.07) is 7.29. The van der Waals surface area contributed by atoms with E-state index >= 15 is 0 Å². The van der Waals surface area contributed by atoms with Crippen molar-refractivity contribution < 1.29 is 14.3 Å². The molecule has 0 saturated carbocycles. The van der Waals surface area contributed by atoms with Crippen LogP contribution in [0.1, 0.15) is 5.56 Å². The fourth-order valence-electron chi connectivity index (χ4n) is 2.80. The van der Waals surface area contributed by atoms with Crippen molar-refractivity contribution in [2.45, 2.75) is 0 Å². The summed E-state index contributed by atoms with van der Waals surface area (Å²) in [5, 5.41) is 0. The molecule has 0 spiro atoms. The zero-order valence-corrected chi connectivity index (χ0v) is 15.0. The van der Waals surface area contributed by atoms with E-state index in [1.165, 1.54) is 0 Å². The van der Waals surface area contributed by atoms with E-state index in [0.717, 1.165) is 18.7 Å². The fourth-order valence-corrected chi connectivity index (χ4v) is 2.80. The Balaban J connectivity index is 1.60. The van der Waals surface area contributed by atoms with Crippen LogP contribution < -0.4 is 14.4 Å². The van der Waals surface area contributed by atoms with Crippen LogP contribution in [0.5, 0.6) is 11.5 Å². The van der Waals surface area contributed by atoms with Crippen molar-refractivity contribution in [3.05, 3.63) is 48.3 Å². The largest absolute Gasteiger partial charge is 0.497 e. The van der Waals surface area contributed by atoms with Crippen LogP contribution in [0, 0.1) is 0 Å². The second-order valence-corrected chi connectivity index (χ2v) is 5.80. The van der Waals surface area contributed by atoms with Crippen molar-refractivity contribution in [1.82, 2.24) is 14.9 Å². The third-order valence-corrected chi connectivity index (χ3v) is 4.27. The van der Waals surface area contributed by atoms with E-state index in [9.17, 15) is 4.79 Å². The number of carbonyl (C=O) groups excluding carboxylic acids is 1. The third-order valence-electron chi connectivity index (χ3n) is 4.27. The normalized spacial score (nSPS) is 14.5. The lowest BCUT2D eigenvalue weighted by molar-refractivity contribution is -0.126. The Kier molecular flexibility index (Phi) is 5.68. The molecule has 7 heteroatoms. The van der Waals surface area contributed by atoms with E-state index in [-0.39, 0.29) is 5.91 Å². The third kappa shape index (κ3) is 4.11. The number of rotatable bonds is 5. The first-order valence-electron chi connectivity index (χ1n) is 8.42. The Morgan fingerprint density at radius 2 is 1.81 bits per heavy atom. The van der Waals surface area contributed by atoms with E-state index < -0.39 is 0 Å². The number of anilines is 1. The van der Waals surface area contributed by atoms with Crippen molar-refractivity contribution in [2.75, 3.05) is 45.3 Å². The molecule has 0 radical (unpaired) electrons. The molecule has 1 amide bonds. The molecule has 1 aliphatic rings. The smallest absolute Gasteiger partial charge is 0.246 e. The highest BCUT2D eigenvalue weighted by Crippen LogP contribution is 2.25. The van der Waals surface area contributed by atoms with E-state index in [4.69, 9.17) is 9.47 Å². The van der Waals surface area contributed by atoms with Crippen LogP contribution in [-0.4, -0.2) is 61.2 Å². The number of aromatic nitrogens is 2. The van der Waals surface area contributed by atoms with Crippen LogP contribution >= 0.6 is 0 Å². The summed E-state index contributed by atoms with van der Waals surface area (Å²) >= 11 is 0. The molecule has 1 saturated heterocycles. The number of amides is 1. The van der Waals surface area contributed by atoms with Crippen molar-refractivity contribution in [2.24, 2.45) is 0 Å². The van der Waals surface area contributed by atoms with Gasteiger partial charge in [-0.3, -0.25) is 4.79 Å². The van der Waals surface area contributed by atoms with Gasteiger partial charge in [0.15, 0.2) is 0 Å². The Morgan fingerprint density at radius 1 is 1.08 bits per heavy atom. The maximum Gasteiger partial charge on any atom is 0.246 e. The first-order chi connectivity index (χ1) is 12.7. The van der Waals surface area contributed by atoms with Gasteiger partial charge in [0.2, 0.25) is 11.9 Å². The summed E-state index contributed by atoms with van der Waals surface area (Å²) in [7, 11) is 3.20.